The van der Waals surface area contributed by atoms with Crippen molar-refractivity contribution in [2.24, 2.45) is 5.92 Å². The molecule has 0 radical (unpaired) electrons. The van der Waals surface area contributed by atoms with Gasteiger partial charge in [0.05, 0.1) is 15.7 Å². The molecule has 0 N–H and O–H groups in total. The Morgan fingerprint density at radius 2 is 1.85 bits per heavy atom. The van der Waals surface area contributed by atoms with E-state index in [-0.39, 0.29) is 12.5 Å². The number of ether oxygens (including phenoxy) is 1. The Balaban J connectivity index is 1.69. The molecular weight excluding hydrogens is 395 g/mol. The van der Waals surface area contributed by atoms with Gasteiger partial charge < -0.3 is 9.64 Å². The molecular formula is C19H19Cl3N2O2. The summed E-state index contributed by atoms with van der Waals surface area (Å²) in [5.41, 5.74) is 1.05. The molecule has 0 bridgehead atoms. The fourth-order valence-corrected chi connectivity index (χ4v) is 3.79. The van der Waals surface area contributed by atoms with Crippen LogP contribution in [0.2, 0.25) is 15.1 Å². The summed E-state index contributed by atoms with van der Waals surface area (Å²) in [6.45, 7) is 3.92. The van der Waals surface area contributed by atoms with Crippen LogP contribution in [-0.2, 0) is 6.61 Å². The molecule has 0 spiro atoms. The fourth-order valence-electron chi connectivity index (χ4n) is 2.87. The fraction of sp³-hybridized carbons (Fsp3) is 0.368. The van der Waals surface area contributed by atoms with Gasteiger partial charge >= 0.3 is 0 Å². The maximum Gasteiger partial charge on any atom is 0.272 e. The number of benzene rings is 1. The molecule has 3 rings (SSSR count). The van der Waals surface area contributed by atoms with E-state index in [0.29, 0.717) is 38.1 Å². The van der Waals surface area contributed by atoms with E-state index in [1.165, 1.54) is 0 Å². The highest BCUT2D eigenvalue weighted by molar-refractivity contribution is 6.40. The van der Waals surface area contributed by atoms with E-state index in [4.69, 9.17) is 39.5 Å². The Kier molecular flexibility index (Phi) is 6.28. The lowest BCUT2D eigenvalue weighted by Gasteiger charge is -2.30. The second-order valence-corrected chi connectivity index (χ2v) is 7.73. The van der Waals surface area contributed by atoms with Crippen LogP contribution < -0.4 is 4.74 Å². The van der Waals surface area contributed by atoms with Gasteiger partial charge in [-0.15, -0.1) is 0 Å². The number of halogens is 3. The lowest BCUT2D eigenvalue weighted by Crippen LogP contribution is -2.38. The van der Waals surface area contributed by atoms with Crippen LogP contribution in [0.4, 0.5) is 0 Å². The minimum atomic E-state index is -0.0405. The van der Waals surface area contributed by atoms with E-state index in [2.05, 4.69) is 11.9 Å². The number of carbonyl (C=O) groups is 1. The first kappa shape index (κ1) is 19.3. The monoisotopic (exact) mass is 412 g/mol. The predicted molar refractivity (Wildman–Crippen MR) is 104 cm³/mol. The maximum absolute atomic E-state index is 12.6. The Morgan fingerprint density at radius 1 is 1.19 bits per heavy atom. The number of carbonyl (C=O) groups excluding carboxylic acids is 1. The van der Waals surface area contributed by atoms with Gasteiger partial charge in [0.15, 0.2) is 5.75 Å². The number of hydrogen-bond acceptors (Lipinski definition) is 3. The number of piperidine rings is 1. The van der Waals surface area contributed by atoms with Crippen molar-refractivity contribution in [1.29, 1.82) is 0 Å². The lowest BCUT2D eigenvalue weighted by molar-refractivity contribution is 0.0690. The van der Waals surface area contributed by atoms with Crippen LogP contribution in [0.1, 0.15) is 35.9 Å². The van der Waals surface area contributed by atoms with Crippen LogP contribution in [0.3, 0.4) is 0 Å². The molecule has 1 aromatic carbocycles. The smallest absolute Gasteiger partial charge is 0.272 e. The highest BCUT2D eigenvalue weighted by Gasteiger charge is 2.22. The van der Waals surface area contributed by atoms with Gasteiger partial charge in [0, 0.05) is 18.1 Å². The summed E-state index contributed by atoms with van der Waals surface area (Å²) in [6, 6.07) is 8.46. The normalized spacial score (nSPS) is 15.2. The molecule has 0 aliphatic carbocycles. The first-order valence-electron chi connectivity index (χ1n) is 8.46. The quantitative estimate of drug-likeness (QED) is 0.665. The van der Waals surface area contributed by atoms with Crippen molar-refractivity contribution in [3.8, 4) is 5.75 Å². The maximum atomic E-state index is 12.6. The number of rotatable bonds is 4. The molecule has 0 unspecified atom stereocenters. The molecule has 1 fully saturated rings. The van der Waals surface area contributed by atoms with E-state index in [1.807, 2.05) is 4.90 Å². The number of likely N-dealkylation sites (tertiary alicyclic amines) is 1. The topological polar surface area (TPSA) is 42.4 Å². The average Bonchev–Trinajstić information content (AvgIpc) is 2.61. The van der Waals surface area contributed by atoms with Gasteiger partial charge in [-0.1, -0.05) is 47.8 Å². The third-order valence-corrected chi connectivity index (χ3v) is 5.20. The third kappa shape index (κ3) is 4.61. The van der Waals surface area contributed by atoms with Crippen LogP contribution in [0.15, 0.2) is 30.3 Å². The summed E-state index contributed by atoms with van der Waals surface area (Å²) in [5.74, 6) is 0.975. The van der Waals surface area contributed by atoms with Gasteiger partial charge in [-0.05, 0) is 43.0 Å². The van der Waals surface area contributed by atoms with E-state index in [9.17, 15) is 4.79 Å². The van der Waals surface area contributed by atoms with Crippen LogP contribution >= 0.6 is 34.8 Å². The molecule has 0 atom stereocenters. The van der Waals surface area contributed by atoms with Crippen molar-refractivity contribution < 1.29 is 9.53 Å². The van der Waals surface area contributed by atoms with E-state index in [1.54, 1.807) is 30.3 Å². The van der Waals surface area contributed by atoms with Crippen molar-refractivity contribution in [3.63, 3.8) is 0 Å². The van der Waals surface area contributed by atoms with Crippen molar-refractivity contribution >= 4 is 40.7 Å². The van der Waals surface area contributed by atoms with E-state index >= 15 is 0 Å². The summed E-state index contributed by atoms with van der Waals surface area (Å²) in [4.78, 5) is 18.9. The summed E-state index contributed by atoms with van der Waals surface area (Å²) in [6.07, 6.45) is 2.06. The molecule has 4 nitrogen and oxygen atoms in total. The summed E-state index contributed by atoms with van der Waals surface area (Å²) in [5, 5.41) is 1.10. The molecule has 1 aliphatic heterocycles. The summed E-state index contributed by atoms with van der Waals surface area (Å²) < 4.78 is 5.69. The van der Waals surface area contributed by atoms with E-state index < -0.39 is 0 Å². The van der Waals surface area contributed by atoms with Crippen LogP contribution in [0.5, 0.6) is 5.75 Å². The van der Waals surface area contributed by atoms with Gasteiger partial charge in [0.1, 0.15) is 12.3 Å². The van der Waals surface area contributed by atoms with Gasteiger partial charge in [-0.25, -0.2) is 4.98 Å². The molecule has 2 aromatic rings. The summed E-state index contributed by atoms with van der Waals surface area (Å²) in [7, 11) is 0. The Morgan fingerprint density at radius 3 is 2.50 bits per heavy atom. The molecule has 7 heteroatoms. The number of pyridine rings is 1. The number of aromatic nitrogens is 1. The number of amides is 1. The average molecular weight is 414 g/mol. The summed E-state index contributed by atoms with van der Waals surface area (Å²) >= 11 is 18.1. The molecule has 0 saturated carbocycles. The predicted octanol–water partition coefficient (Wildman–Crippen LogP) is 5.49. The van der Waals surface area contributed by atoms with Crippen molar-refractivity contribution in [3.05, 3.63) is 56.8 Å². The van der Waals surface area contributed by atoms with Gasteiger partial charge in [0.25, 0.3) is 5.91 Å². The largest absolute Gasteiger partial charge is 0.484 e. The first-order chi connectivity index (χ1) is 12.4. The number of hydrogen-bond donors (Lipinski definition) is 0. The molecule has 138 valence electrons. The van der Waals surface area contributed by atoms with Crippen molar-refractivity contribution in [2.75, 3.05) is 13.1 Å². The molecule has 2 heterocycles. The molecule has 1 amide bonds. The first-order valence-corrected chi connectivity index (χ1v) is 9.60. The highest BCUT2D eigenvalue weighted by Crippen LogP contribution is 2.36. The molecule has 26 heavy (non-hydrogen) atoms. The Bertz CT molecular complexity index is 782. The SMILES string of the molecule is CC1CCN(C(=O)c2cccc(COc3c(Cl)cc(Cl)cc3Cl)n2)CC1. The Labute approximate surface area is 168 Å². The van der Waals surface area contributed by atoms with Crippen LogP contribution in [-0.4, -0.2) is 28.9 Å². The minimum Gasteiger partial charge on any atom is -0.484 e. The van der Waals surface area contributed by atoms with Gasteiger partial charge in [-0.3, -0.25) is 4.79 Å². The van der Waals surface area contributed by atoms with Gasteiger partial charge in [0.2, 0.25) is 0 Å². The minimum absolute atomic E-state index is 0.0405. The molecule has 1 saturated heterocycles. The standard InChI is InChI=1S/C19H19Cl3N2O2/c1-12-5-7-24(8-6-12)19(25)17-4-2-3-14(23-17)11-26-18-15(21)9-13(20)10-16(18)22/h2-4,9-10,12H,5-8,11H2,1H3. The van der Waals surface area contributed by atoms with Crippen LogP contribution in [0.25, 0.3) is 0 Å². The second kappa shape index (κ2) is 8.47. The van der Waals surface area contributed by atoms with Gasteiger partial charge in [-0.2, -0.15) is 0 Å². The van der Waals surface area contributed by atoms with Crippen molar-refractivity contribution in [1.82, 2.24) is 9.88 Å². The zero-order valence-corrected chi connectivity index (χ0v) is 16.6. The zero-order chi connectivity index (χ0) is 18.7. The van der Waals surface area contributed by atoms with Crippen LogP contribution in [0, 0.1) is 5.92 Å². The second-order valence-electron chi connectivity index (χ2n) is 6.48. The number of nitrogens with zero attached hydrogens (tertiary/aromatic N) is 2. The zero-order valence-electron chi connectivity index (χ0n) is 14.3. The lowest BCUT2D eigenvalue weighted by atomic mass is 9.99. The van der Waals surface area contributed by atoms with E-state index in [0.717, 1.165) is 25.9 Å². The molecule has 1 aliphatic rings. The molecule has 1 aromatic heterocycles. The Hall–Kier alpha value is -1.49. The highest BCUT2D eigenvalue weighted by atomic mass is 35.5. The third-order valence-electron chi connectivity index (χ3n) is 4.42. The van der Waals surface area contributed by atoms with Crippen molar-refractivity contribution in [2.45, 2.75) is 26.4 Å².